The molecule has 0 aliphatic carbocycles. The molecule has 0 unspecified atom stereocenters. The van der Waals surface area contributed by atoms with E-state index in [1.807, 2.05) is 23.7 Å². The molecule has 0 saturated heterocycles. The van der Waals surface area contributed by atoms with Gasteiger partial charge >= 0.3 is 0 Å². The van der Waals surface area contributed by atoms with Gasteiger partial charge in [-0.25, -0.2) is 4.98 Å². The second kappa shape index (κ2) is 5.18. The number of imidazole rings is 1. The van der Waals surface area contributed by atoms with Crippen molar-refractivity contribution in [1.82, 2.24) is 14.9 Å². The van der Waals surface area contributed by atoms with Crippen molar-refractivity contribution in [1.29, 1.82) is 0 Å². The molecule has 16 heavy (non-hydrogen) atoms. The molecule has 0 amide bonds. The fourth-order valence-corrected chi connectivity index (χ4v) is 1.60. The van der Waals surface area contributed by atoms with Crippen LogP contribution in [-0.4, -0.2) is 16.1 Å². The predicted molar refractivity (Wildman–Crippen MR) is 62.3 cm³/mol. The highest BCUT2D eigenvalue weighted by Crippen LogP contribution is 2.08. The van der Waals surface area contributed by atoms with Crippen LogP contribution in [0.1, 0.15) is 11.6 Å². The van der Waals surface area contributed by atoms with Gasteiger partial charge in [0, 0.05) is 20.0 Å². The summed E-state index contributed by atoms with van der Waals surface area (Å²) in [6, 6.07) is 3.87. The summed E-state index contributed by atoms with van der Waals surface area (Å²) in [6.45, 7) is 1.57. The number of hydrogen-bond acceptors (Lipinski definition) is 3. The summed E-state index contributed by atoms with van der Waals surface area (Å²) in [5.41, 5.74) is 0. The molecule has 0 atom stereocenters. The predicted octanol–water partition coefficient (Wildman–Crippen LogP) is 2.00. The van der Waals surface area contributed by atoms with Crippen molar-refractivity contribution in [3.8, 4) is 0 Å². The maximum absolute atomic E-state index is 5.88. The third-order valence-electron chi connectivity index (χ3n) is 2.44. The van der Waals surface area contributed by atoms with Gasteiger partial charge in [-0.05, 0) is 12.1 Å². The lowest BCUT2D eigenvalue weighted by Crippen LogP contribution is -2.18. The molecular weight excluding hydrogens is 226 g/mol. The number of aromatic nitrogens is 2. The summed E-state index contributed by atoms with van der Waals surface area (Å²) < 4.78 is 7.09. The lowest BCUT2D eigenvalue weighted by Gasteiger charge is -2.04. The summed E-state index contributed by atoms with van der Waals surface area (Å²) in [4.78, 5) is 4.19. The van der Waals surface area contributed by atoms with Gasteiger partial charge < -0.3 is 14.3 Å². The Morgan fingerprint density at radius 3 is 3.06 bits per heavy atom. The molecule has 2 aromatic heterocycles. The lowest BCUT2D eigenvalue weighted by atomic mass is 10.3. The number of rotatable bonds is 5. The van der Waals surface area contributed by atoms with E-state index in [2.05, 4.69) is 10.3 Å². The van der Waals surface area contributed by atoms with Crippen LogP contribution in [0.2, 0.25) is 5.15 Å². The molecule has 2 aromatic rings. The van der Waals surface area contributed by atoms with Crippen LogP contribution in [0.3, 0.4) is 0 Å². The highest BCUT2D eigenvalue weighted by Gasteiger charge is 2.03. The Balaban J connectivity index is 1.74. The van der Waals surface area contributed by atoms with Gasteiger partial charge in [0.15, 0.2) is 0 Å². The molecule has 0 saturated carbocycles. The standard InChI is InChI=1S/C11H14ClN3O/c1-15-10(12)7-14-11(15)8-13-5-4-9-3-2-6-16-9/h2-3,6-7,13H,4-5,8H2,1H3. The maximum atomic E-state index is 5.88. The monoisotopic (exact) mass is 239 g/mol. The SMILES string of the molecule is Cn1c(Cl)cnc1CNCCc1ccco1. The molecule has 0 bridgehead atoms. The summed E-state index contributed by atoms with van der Waals surface area (Å²) in [6.07, 6.45) is 4.23. The minimum absolute atomic E-state index is 0.655. The zero-order valence-corrected chi connectivity index (χ0v) is 9.87. The first kappa shape index (κ1) is 11.2. The first-order valence-corrected chi connectivity index (χ1v) is 5.54. The van der Waals surface area contributed by atoms with Crippen LogP contribution in [-0.2, 0) is 20.0 Å². The van der Waals surface area contributed by atoms with Crippen LogP contribution >= 0.6 is 11.6 Å². The molecule has 4 nitrogen and oxygen atoms in total. The van der Waals surface area contributed by atoms with Crippen LogP contribution in [0.15, 0.2) is 29.0 Å². The second-order valence-corrected chi connectivity index (χ2v) is 3.95. The zero-order chi connectivity index (χ0) is 11.4. The highest BCUT2D eigenvalue weighted by molar-refractivity contribution is 6.29. The van der Waals surface area contributed by atoms with Gasteiger partial charge in [-0.2, -0.15) is 0 Å². The Bertz CT molecular complexity index is 436. The van der Waals surface area contributed by atoms with Gasteiger partial charge in [-0.3, -0.25) is 0 Å². The topological polar surface area (TPSA) is 43.0 Å². The Morgan fingerprint density at radius 1 is 1.56 bits per heavy atom. The van der Waals surface area contributed by atoms with E-state index in [4.69, 9.17) is 16.0 Å². The minimum atomic E-state index is 0.655. The molecule has 0 aliphatic heterocycles. The first-order valence-electron chi connectivity index (χ1n) is 5.16. The average Bonchev–Trinajstić information content (AvgIpc) is 2.88. The lowest BCUT2D eigenvalue weighted by molar-refractivity contribution is 0.496. The van der Waals surface area contributed by atoms with Gasteiger partial charge in [0.05, 0.1) is 19.0 Å². The molecule has 5 heteroatoms. The van der Waals surface area contributed by atoms with Crippen molar-refractivity contribution >= 4 is 11.6 Å². The van der Waals surface area contributed by atoms with Crippen molar-refractivity contribution in [2.75, 3.05) is 6.54 Å². The molecular formula is C11H14ClN3O. The van der Waals surface area contributed by atoms with Crippen molar-refractivity contribution in [2.45, 2.75) is 13.0 Å². The summed E-state index contributed by atoms with van der Waals surface area (Å²) in [5, 5.41) is 3.95. The minimum Gasteiger partial charge on any atom is -0.469 e. The number of hydrogen-bond donors (Lipinski definition) is 1. The van der Waals surface area contributed by atoms with Crippen LogP contribution in [0, 0.1) is 0 Å². The van der Waals surface area contributed by atoms with Gasteiger partial charge in [0.1, 0.15) is 16.7 Å². The summed E-state index contributed by atoms with van der Waals surface area (Å²) >= 11 is 5.88. The molecule has 0 aliphatic rings. The quantitative estimate of drug-likeness (QED) is 0.812. The average molecular weight is 240 g/mol. The van der Waals surface area contributed by atoms with Crippen molar-refractivity contribution in [2.24, 2.45) is 7.05 Å². The van der Waals surface area contributed by atoms with E-state index in [9.17, 15) is 0 Å². The molecule has 0 radical (unpaired) electrons. The Labute approximate surface area is 99.2 Å². The highest BCUT2D eigenvalue weighted by atomic mass is 35.5. The Kier molecular flexibility index (Phi) is 3.64. The number of furan rings is 1. The number of nitrogens with zero attached hydrogens (tertiary/aromatic N) is 2. The number of nitrogens with one attached hydrogen (secondary N) is 1. The van der Waals surface area contributed by atoms with E-state index in [1.54, 1.807) is 12.5 Å². The Morgan fingerprint density at radius 2 is 2.44 bits per heavy atom. The number of halogens is 1. The van der Waals surface area contributed by atoms with Crippen LogP contribution in [0.4, 0.5) is 0 Å². The van der Waals surface area contributed by atoms with E-state index < -0.39 is 0 Å². The zero-order valence-electron chi connectivity index (χ0n) is 9.11. The second-order valence-electron chi connectivity index (χ2n) is 3.56. The van der Waals surface area contributed by atoms with E-state index >= 15 is 0 Å². The molecule has 0 aromatic carbocycles. The molecule has 0 spiro atoms. The fraction of sp³-hybridized carbons (Fsp3) is 0.364. The Hall–Kier alpha value is -1.26. The van der Waals surface area contributed by atoms with Gasteiger partial charge in [0.2, 0.25) is 0 Å². The van der Waals surface area contributed by atoms with E-state index in [-0.39, 0.29) is 0 Å². The van der Waals surface area contributed by atoms with Gasteiger partial charge in [-0.15, -0.1) is 0 Å². The van der Waals surface area contributed by atoms with Crippen LogP contribution in [0.5, 0.6) is 0 Å². The molecule has 2 rings (SSSR count). The third kappa shape index (κ3) is 2.65. The van der Waals surface area contributed by atoms with Crippen LogP contribution < -0.4 is 5.32 Å². The largest absolute Gasteiger partial charge is 0.469 e. The third-order valence-corrected chi connectivity index (χ3v) is 2.79. The molecule has 2 heterocycles. The first-order chi connectivity index (χ1) is 7.77. The fourth-order valence-electron chi connectivity index (χ4n) is 1.46. The van der Waals surface area contributed by atoms with Gasteiger partial charge in [0.25, 0.3) is 0 Å². The van der Waals surface area contributed by atoms with Crippen LogP contribution in [0.25, 0.3) is 0 Å². The smallest absolute Gasteiger partial charge is 0.128 e. The van der Waals surface area contributed by atoms with Crippen molar-refractivity contribution < 1.29 is 4.42 Å². The summed E-state index contributed by atoms with van der Waals surface area (Å²) in [7, 11) is 1.90. The van der Waals surface area contributed by atoms with E-state index in [0.717, 1.165) is 24.6 Å². The maximum Gasteiger partial charge on any atom is 0.128 e. The molecule has 1 N–H and O–H groups in total. The molecule has 86 valence electrons. The van der Waals surface area contributed by atoms with Crippen molar-refractivity contribution in [3.63, 3.8) is 0 Å². The van der Waals surface area contributed by atoms with E-state index in [1.165, 1.54) is 0 Å². The van der Waals surface area contributed by atoms with Crippen molar-refractivity contribution in [3.05, 3.63) is 41.3 Å². The van der Waals surface area contributed by atoms with Gasteiger partial charge in [-0.1, -0.05) is 11.6 Å². The molecule has 0 fully saturated rings. The summed E-state index contributed by atoms with van der Waals surface area (Å²) in [5.74, 6) is 1.93. The normalized spacial score (nSPS) is 10.9. The van der Waals surface area contributed by atoms with E-state index in [0.29, 0.717) is 11.7 Å².